The zero-order valence-electron chi connectivity index (χ0n) is 6.27. The Hall–Kier alpha value is -0.780. The van der Waals surface area contributed by atoms with Crippen LogP contribution in [0.2, 0.25) is 0 Å². The highest BCUT2D eigenvalue weighted by Crippen LogP contribution is 2.27. The third kappa shape index (κ3) is 2.37. The van der Waals surface area contributed by atoms with Crippen LogP contribution in [0.25, 0.3) is 0 Å². The molecule has 1 aromatic heterocycles. The van der Waals surface area contributed by atoms with E-state index in [1.165, 1.54) is 0 Å². The summed E-state index contributed by atoms with van der Waals surface area (Å²) in [5.41, 5.74) is 5.24. The van der Waals surface area contributed by atoms with E-state index in [1.54, 1.807) is 6.92 Å². The van der Waals surface area contributed by atoms with Crippen LogP contribution in [0.1, 0.15) is 10.7 Å². The van der Waals surface area contributed by atoms with Gasteiger partial charge in [-0.2, -0.15) is 13.2 Å². The second-order valence-corrected chi connectivity index (χ2v) is 3.57. The summed E-state index contributed by atoms with van der Waals surface area (Å²) < 4.78 is 35.5. The van der Waals surface area contributed by atoms with Gasteiger partial charge in [-0.3, -0.25) is 0 Å². The largest absolute Gasteiger partial charge is 0.394 e. The molecule has 0 aliphatic heterocycles. The summed E-state index contributed by atoms with van der Waals surface area (Å²) >= 11 is 1.08. The Morgan fingerprint density at radius 3 is 2.42 bits per heavy atom. The van der Waals surface area contributed by atoms with Gasteiger partial charge in [-0.05, 0) is 6.92 Å². The van der Waals surface area contributed by atoms with Crippen molar-refractivity contribution in [3.63, 3.8) is 0 Å². The first-order valence-electron chi connectivity index (χ1n) is 3.17. The Labute approximate surface area is 71.2 Å². The van der Waals surface area contributed by atoms with Gasteiger partial charge >= 0.3 is 6.18 Å². The van der Waals surface area contributed by atoms with Gasteiger partial charge in [-0.1, -0.05) is 0 Å². The number of nitrogens with two attached hydrogens (primary N) is 1. The Morgan fingerprint density at radius 1 is 1.50 bits per heavy atom. The van der Waals surface area contributed by atoms with Crippen molar-refractivity contribution in [2.24, 2.45) is 0 Å². The van der Waals surface area contributed by atoms with Gasteiger partial charge in [0.25, 0.3) is 0 Å². The van der Waals surface area contributed by atoms with Crippen molar-refractivity contribution < 1.29 is 13.2 Å². The Kier molecular flexibility index (Phi) is 2.27. The van der Waals surface area contributed by atoms with Crippen molar-refractivity contribution in [3.8, 4) is 0 Å². The van der Waals surface area contributed by atoms with Crippen molar-refractivity contribution >= 4 is 16.3 Å². The van der Waals surface area contributed by atoms with E-state index >= 15 is 0 Å². The van der Waals surface area contributed by atoms with Gasteiger partial charge in [0, 0.05) is 0 Å². The van der Waals surface area contributed by atoms with Crippen LogP contribution >= 0.6 is 11.3 Å². The first-order chi connectivity index (χ1) is 5.38. The van der Waals surface area contributed by atoms with Crippen LogP contribution in [-0.4, -0.2) is 11.2 Å². The van der Waals surface area contributed by atoms with Crippen molar-refractivity contribution in [1.82, 2.24) is 4.98 Å². The number of aromatic nitrogens is 1. The molecule has 0 aliphatic rings. The number of nitrogen functional groups attached to an aromatic ring is 1. The summed E-state index contributed by atoms with van der Waals surface area (Å²) in [6.45, 7) is 1.63. The minimum absolute atomic E-state index is 0.0648. The summed E-state index contributed by atoms with van der Waals surface area (Å²) in [7, 11) is 0. The second kappa shape index (κ2) is 2.93. The molecule has 0 aliphatic carbocycles. The lowest BCUT2D eigenvalue weighted by Gasteiger charge is -2.02. The van der Waals surface area contributed by atoms with Gasteiger partial charge in [-0.25, -0.2) is 4.98 Å². The number of hydrogen-bond acceptors (Lipinski definition) is 3. The van der Waals surface area contributed by atoms with E-state index in [2.05, 4.69) is 4.98 Å². The number of thiazole rings is 1. The first-order valence-corrected chi connectivity index (χ1v) is 3.98. The van der Waals surface area contributed by atoms with E-state index in [1.807, 2.05) is 0 Å². The summed E-state index contributed by atoms with van der Waals surface area (Å²) in [6.07, 6.45) is -5.27. The van der Waals surface area contributed by atoms with Crippen LogP contribution in [0.3, 0.4) is 0 Å². The number of halogens is 3. The maximum Gasteiger partial charge on any atom is 0.394 e. The monoisotopic (exact) mass is 196 g/mol. The standard InChI is InChI=1S/C6H7F3N2S/c1-3-11-4(5(10)12-3)2-6(7,8)9/h2,10H2,1H3. The van der Waals surface area contributed by atoms with Crippen molar-refractivity contribution in [2.45, 2.75) is 19.5 Å². The summed E-state index contributed by atoms with van der Waals surface area (Å²) in [5, 5.41) is 0.719. The van der Waals surface area contributed by atoms with Crippen LogP contribution < -0.4 is 5.73 Å². The molecule has 2 nitrogen and oxygen atoms in total. The van der Waals surface area contributed by atoms with Crippen molar-refractivity contribution in [3.05, 3.63) is 10.7 Å². The molecule has 0 amide bonds. The maximum absolute atomic E-state index is 11.8. The number of alkyl halides is 3. The molecule has 0 atom stereocenters. The molecule has 2 N–H and O–H groups in total. The zero-order valence-corrected chi connectivity index (χ0v) is 7.09. The Balaban J connectivity index is 2.82. The lowest BCUT2D eigenvalue weighted by Crippen LogP contribution is -2.12. The maximum atomic E-state index is 11.8. The van der Waals surface area contributed by atoms with Gasteiger partial charge in [0.15, 0.2) is 0 Å². The quantitative estimate of drug-likeness (QED) is 0.747. The van der Waals surface area contributed by atoms with Gasteiger partial charge in [0.05, 0.1) is 17.1 Å². The highest BCUT2D eigenvalue weighted by atomic mass is 32.1. The van der Waals surface area contributed by atoms with Crippen LogP contribution in [0, 0.1) is 6.92 Å². The van der Waals surface area contributed by atoms with E-state index < -0.39 is 12.6 Å². The van der Waals surface area contributed by atoms with Crippen LogP contribution in [0.5, 0.6) is 0 Å². The number of anilines is 1. The number of nitrogens with zero attached hydrogens (tertiary/aromatic N) is 1. The smallest absolute Gasteiger partial charge is 0.389 e. The third-order valence-corrected chi connectivity index (χ3v) is 2.04. The average Bonchev–Trinajstić information content (AvgIpc) is 2.06. The summed E-state index contributed by atoms with van der Waals surface area (Å²) in [6, 6.07) is 0. The fourth-order valence-electron chi connectivity index (χ4n) is 0.803. The van der Waals surface area contributed by atoms with E-state index in [9.17, 15) is 13.2 Å². The highest BCUT2D eigenvalue weighted by Gasteiger charge is 2.30. The second-order valence-electron chi connectivity index (χ2n) is 2.34. The zero-order chi connectivity index (χ0) is 9.35. The van der Waals surface area contributed by atoms with E-state index in [-0.39, 0.29) is 10.7 Å². The molecular formula is C6H7F3N2S. The van der Waals surface area contributed by atoms with Crippen molar-refractivity contribution in [2.75, 3.05) is 5.73 Å². The number of rotatable bonds is 1. The number of aryl methyl sites for hydroxylation is 1. The predicted octanol–water partition coefficient (Wildman–Crippen LogP) is 2.14. The molecule has 1 heterocycles. The predicted molar refractivity (Wildman–Crippen MR) is 41.0 cm³/mol. The molecule has 0 spiro atoms. The normalized spacial score (nSPS) is 12.0. The molecule has 12 heavy (non-hydrogen) atoms. The number of hydrogen-bond donors (Lipinski definition) is 1. The molecule has 68 valence electrons. The average molecular weight is 196 g/mol. The molecule has 0 fully saturated rings. The molecule has 1 rings (SSSR count). The molecule has 1 aromatic rings. The van der Waals surface area contributed by atoms with Crippen LogP contribution in [0.15, 0.2) is 0 Å². The van der Waals surface area contributed by atoms with E-state index in [0.29, 0.717) is 5.01 Å². The van der Waals surface area contributed by atoms with Crippen LogP contribution in [-0.2, 0) is 6.42 Å². The molecule has 0 aromatic carbocycles. The molecule has 0 radical (unpaired) electrons. The van der Waals surface area contributed by atoms with Gasteiger partial charge in [0.2, 0.25) is 0 Å². The molecule has 0 saturated carbocycles. The first kappa shape index (κ1) is 9.31. The lowest BCUT2D eigenvalue weighted by molar-refractivity contribution is -0.127. The third-order valence-electron chi connectivity index (χ3n) is 1.20. The highest BCUT2D eigenvalue weighted by molar-refractivity contribution is 7.15. The van der Waals surface area contributed by atoms with Crippen LogP contribution in [0.4, 0.5) is 18.2 Å². The van der Waals surface area contributed by atoms with Crippen molar-refractivity contribution in [1.29, 1.82) is 0 Å². The van der Waals surface area contributed by atoms with Gasteiger partial charge in [-0.15, -0.1) is 11.3 Å². The molecule has 0 saturated heterocycles. The van der Waals surface area contributed by atoms with Gasteiger partial charge in [0.1, 0.15) is 5.00 Å². The molecule has 0 bridgehead atoms. The summed E-state index contributed by atoms with van der Waals surface area (Å²) in [5.74, 6) is 0. The molecule has 6 heteroatoms. The van der Waals surface area contributed by atoms with Gasteiger partial charge < -0.3 is 5.73 Å². The SMILES string of the molecule is Cc1nc(CC(F)(F)F)c(N)s1. The molecular weight excluding hydrogens is 189 g/mol. The fraction of sp³-hybridized carbons (Fsp3) is 0.500. The Morgan fingerprint density at radius 2 is 2.08 bits per heavy atom. The Bertz CT molecular complexity index is 279. The fourth-order valence-corrected chi connectivity index (χ4v) is 1.51. The minimum Gasteiger partial charge on any atom is -0.389 e. The summed E-state index contributed by atoms with van der Waals surface area (Å²) in [4.78, 5) is 3.67. The topological polar surface area (TPSA) is 38.9 Å². The van der Waals surface area contributed by atoms with E-state index in [4.69, 9.17) is 5.73 Å². The minimum atomic E-state index is -4.23. The van der Waals surface area contributed by atoms with E-state index in [0.717, 1.165) is 11.3 Å². The lowest BCUT2D eigenvalue weighted by atomic mass is 10.3. The molecule has 0 unspecified atom stereocenters.